The van der Waals surface area contributed by atoms with Gasteiger partial charge in [-0.2, -0.15) is 9.78 Å². The van der Waals surface area contributed by atoms with E-state index in [9.17, 15) is 4.79 Å². The molecule has 3 heterocycles. The van der Waals surface area contributed by atoms with Crippen LogP contribution in [0.4, 0.5) is 5.82 Å². The molecule has 5 rings (SSSR count). The molecule has 0 radical (unpaired) electrons. The monoisotopic (exact) mass is 462 g/mol. The number of carbonyl (C=O) groups excluding carboxylic acids is 1. The van der Waals surface area contributed by atoms with Crippen LogP contribution in [0.25, 0.3) is 15.3 Å². The van der Waals surface area contributed by atoms with Crippen LogP contribution in [0.2, 0.25) is 0 Å². The zero-order valence-corrected chi connectivity index (χ0v) is 19.5. The minimum Gasteiger partial charge on any atom is -0.490 e. The number of thiazole rings is 1. The maximum atomic E-state index is 12.7. The summed E-state index contributed by atoms with van der Waals surface area (Å²) < 4.78 is 14.6. The van der Waals surface area contributed by atoms with Crippen molar-refractivity contribution < 1.29 is 14.3 Å². The van der Waals surface area contributed by atoms with Gasteiger partial charge in [-0.1, -0.05) is 42.9 Å². The highest BCUT2D eigenvalue weighted by Crippen LogP contribution is 2.41. The Hall–Kier alpha value is -3.39. The van der Waals surface area contributed by atoms with Crippen molar-refractivity contribution in [2.75, 3.05) is 18.5 Å². The van der Waals surface area contributed by atoms with Crippen LogP contribution in [0, 0.1) is 0 Å². The van der Waals surface area contributed by atoms with E-state index in [0.717, 1.165) is 45.1 Å². The van der Waals surface area contributed by atoms with E-state index in [-0.39, 0.29) is 11.8 Å². The number of nitrogens with one attached hydrogen (secondary N) is 1. The fraction of sp³-hybridized carbons (Fsp3) is 0.320. The highest BCUT2D eigenvalue weighted by Gasteiger charge is 2.31. The molecule has 1 amide bonds. The average Bonchev–Trinajstić information content (AvgIpc) is 3.43. The standard InChI is InChI=1S/C25H26N4O3S/c1-3-5-12-32-20-11-10-16(13-21(20)31-4-2)17-14-23(30)28-24-18(17)15-26-29(24)25-27-19-8-6-7-9-22(19)33-25/h6-11,13,15,17H,3-5,12,14H2,1-2H3,(H,28,30)/t17-/m1/s1. The van der Waals surface area contributed by atoms with Crippen molar-refractivity contribution in [3.63, 3.8) is 0 Å². The Bertz CT molecular complexity index is 1260. The molecular weight excluding hydrogens is 436 g/mol. The molecule has 0 fully saturated rings. The van der Waals surface area contributed by atoms with E-state index in [4.69, 9.17) is 14.5 Å². The van der Waals surface area contributed by atoms with Crippen LogP contribution in [-0.2, 0) is 4.79 Å². The van der Waals surface area contributed by atoms with Crippen molar-refractivity contribution in [2.24, 2.45) is 0 Å². The van der Waals surface area contributed by atoms with Gasteiger partial charge in [0.15, 0.2) is 11.5 Å². The molecule has 1 aliphatic heterocycles. The van der Waals surface area contributed by atoms with Gasteiger partial charge in [0.1, 0.15) is 5.82 Å². The number of benzene rings is 2. The van der Waals surface area contributed by atoms with Gasteiger partial charge >= 0.3 is 0 Å². The quantitative estimate of drug-likeness (QED) is 0.348. The summed E-state index contributed by atoms with van der Waals surface area (Å²) in [4.78, 5) is 17.4. The van der Waals surface area contributed by atoms with Crippen LogP contribution in [0.5, 0.6) is 11.5 Å². The second-order valence-corrected chi connectivity index (χ2v) is 8.98. The van der Waals surface area contributed by atoms with Crippen molar-refractivity contribution in [1.82, 2.24) is 14.8 Å². The summed E-state index contributed by atoms with van der Waals surface area (Å²) in [5, 5.41) is 8.33. The Balaban J connectivity index is 1.51. The van der Waals surface area contributed by atoms with Crippen LogP contribution >= 0.6 is 11.3 Å². The second-order valence-electron chi connectivity index (χ2n) is 7.97. The van der Waals surface area contributed by atoms with Crippen LogP contribution < -0.4 is 14.8 Å². The largest absolute Gasteiger partial charge is 0.490 e. The van der Waals surface area contributed by atoms with Gasteiger partial charge in [0.05, 0.1) is 29.6 Å². The molecule has 0 saturated heterocycles. The Labute approximate surface area is 196 Å². The van der Waals surface area contributed by atoms with Crippen LogP contribution in [0.15, 0.2) is 48.7 Å². The number of para-hydroxylation sites is 1. The molecule has 1 aliphatic rings. The number of unbranched alkanes of at least 4 members (excludes halogenated alkanes) is 1. The number of nitrogens with zero attached hydrogens (tertiary/aromatic N) is 3. The first-order chi connectivity index (χ1) is 16.2. The molecule has 2 aromatic heterocycles. The van der Waals surface area contributed by atoms with E-state index in [1.807, 2.05) is 55.6 Å². The number of hydrogen-bond acceptors (Lipinski definition) is 6. The van der Waals surface area contributed by atoms with E-state index in [1.54, 1.807) is 16.0 Å². The van der Waals surface area contributed by atoms with Crippen molar-refractivity contribution in [3.05, 3.63) is 59.8 Å². The van der Waals surface area contributed by atoms with E-state index in [1.165, 1.54) is 0 Å². The highest BCUT2D eigenvalue weighted by molar-refractivity contribution is 7.20. The molecule has 2 aromatic carbocycles. The third-order valence-corrected chi connectivity index (χ3v) is 6.72. The molecule has 0 unspecified atom stereocenters. The van der Waals surface area contributed by atoms with Crippen molar-refractivity contribution in [2.45, 2.75) is 39.0 Å². The van der Waals surface area contributed by atoms with E-state index >= 15 is 0 Å². The molecular formula is C25H26N4O3S. The molecule has 7 nitrogen and oxygen atoms in total. The van der Waals surface area contributed by atoms with E-state index in [0.29, 0.717) is 31.2 Å². The first-order valence-electron chi connectivity index (χ1n) is 11.3. The third-order valence-electron chi connectivity index (χ3n) is 5.71. The summed E-state index contributed by atoms with van der Waals surface area (Å²) in [6.07, 6.45) is 4.24. The number of hydrogen-bond donors (Lipinski definition) is 1. The Morgan fingerprint density at radius 1 is 1.15 bits per heavy atom. The number of carbonyl (C=O) groups is 1. The molecule has 170 valence electrons. The van der Waals surface area contributed by atoms with Gasteiger partial charge in [0.2, 0.25) is 11.0 Å². The number of rotatable bonds is 8. The molecule has 0 aliphatic carbocycles. The van der Waals surface area contributed by atoms with Crippen molar-refractivity contribution in [1.29, 1.82) is 0 Å². The highest BCUT2D eigenvalue weighted by atomic mass is 32.1. The lowest BCUT2D eigenvalue weighted by Crippen LogP contribution is -2.24. The molecule has 33 heavy (non-hydrogen) atoms. The van der Waals surface area contributed by atoms with Crippen molar-refractivity contribution >= 4 is 33.3 Å². The Morgan fingerprint density at radius 2 is 2.03 bits per heavy atom. The van der Waals surface area contributed by atoms with Gasteiger partial charge in [0, 0.05) is 17.9 Å². The van der Waals surface area contributed by atoms with Gasteiger partial charge in [-0.15, -0.1) is 0 Å². The normalized spacial score (nSPS) is 15.3. The minimum absolute atomic E-state index is 0.0448. The van der Waals surface area contributed by atoms with Gasteiger partial charge in [-0.25, -0.2) is 4.98 Å². The molecule has 4 aromatic rings. The first-order valence-corrected chi connectivity index (χ1v) is 12.1. The van der Waals surface area contributed by atoms with Crippen LogP contribution in [0.3, 0.4) is 0 Å². The number of aromatic nitrogens is 3. The maximum Gasteiger partial charge on any atom is 0.226 e. The molecule has 0 bridgehead atoms. The summed E-state index contributed by atoms with van der Waals surface area (Å²) in [5.74, 6) is 1.95. The van der Waals surface area contributed by atoms with Crippen LogP contribution in [-0.4, -0.2) is 33.9 Å². The summed E-state index contributed by atoms with van der Waals surface area (Å²) in [7, 11) is 0. The van der Waals surface area contributed by atoms with E-state index < -0.39 is 0 Å². The molecule has 1 atom stereocenters. The topological polar surface area (TPSA) is 78.3 Å². The Kier molecular flexibility index (Phi) is 6.00. The van der Waals surface area contributed by atoms with Crippen molar-refractivity contribution in [3.8, 4) is 16.6 Å². The fourth-order valence-corrected chi connectivity index (χ4v) is 5.00. The lowest BCUT2D eigenvalue weighted by atomic mass is 9.87. The summed E-state index contributed by atoms with van der Waals surface area (Å²) in [5.41, 5.74) is 2.89. The second kappa shape index (κ2) is 9.23. The predicted octanol–water partition coefficient (Wildman–Crippen LogP) is 5.53. The number of fused-ring (bicyclic) bond motifs is 2. The first kappa shape index (κ1) is 21.5. The third kappa shape index (κ3) is 4.18. The van der Waals surface area contributed by atoms with Gasteiger partial charge < -0.3 is 14.8 Å². The SMILES string of the molecule is CCCCOc1ccc([C@H]2CC(=O)Nc3c2cnn3-c2nc3ccccc3s2)cc1OCC. The zero-order valence-electron chi connectivity index (χ0n) is 18.7. The lowest BCUT2D eigenvalue weighted by molar-refractivity contribution is -0.116. The van der Waals surface area contributed by atoms with Gasteiger partial charge in [-0.3, -0.25) is 4.79 Å². The maximum absolute atomic E-state index is 12.7. The molecule has 8 heteroatoms. The molecule has 0 spiro atoms. The lowest BCUT2D eigenvalue weighted by Gasteiger charge is -2.24. The predicted molar refractivity (Wildman–Crippen MR) is 130 cm³/mol. The van der Waals surface area contributed by atoms with Gasteiger partial charge in [0.25, 0.3) is 0 Å². The summed E-state index contributed by atoms with van der Waals surface area (Å²) in [6.45, 7) is 5.28. The smallest absolute Gasteiger partial charge is 0.226 e. The molecule has 0 saturated carbocycles. The molecule has 1 N–H and O–H groups in total. The minimum atomic E-state index is -0.124. The number of ether oxygens (including phenoxy) is 2. The Morgan fingerprint density at radius 3 is 2.85 bits per heavy atom. The summed E-state index contributed by atoms with van der Waals surface area (Å²) >= 11 is 1.55. The van der Waals surface area contributed by atoms with Crippen LogP contribution in [0.1, 0.15) is 50.2 Å². The number of amides is 1. The zero-order chi connectivity index (χ0) is 22.8. The fourth-order valence-electron chi connectivity index (χ4n) is 4.07. The van der Waals surface area contributed by atoms with Gasteiger partial charge in [-0.05, 0) is 43.2 Å². The summed E-state index contributed by atoms with van der Waals surface area (Å²) in [6, 6.07) is 13.9. The number of anilines is 1. The average molecular weight is 463 g/mol. The van der Waals surface area contributed by atoms with E-state index in [2.05, 4.69) is 17.3 Å².